The van der Waals surface area contributed by atoms with Crippen molar-refractivity contribution in [3.8, 4) is 10.7 Å². The number of hydrogen-bond donors (Lipinski definition) is 1. The smallest absolute Gasteiger partial charge is 0.180 e. The van der Waals surface area contributed by atoms with Gasteiger partial charge >= 0.3 is 0 Å². The van der Waals surface area contributed by atoms with Gasteiger partial charge in [-0.15, -0.1) is 11.3 Å². The summed E-state index contributed by atoms with van der Waals surface area (Å²) in [5.74, 6) is 1.75. The average molecular weight is 259 g/mol. The van der Waals surface area contributed by atoms with E-state index >= 15 is 0 Å². The van der Waals surface area contributed by atoms with E-state index in [0.717, 1.165) is 33.4 Å². The van der Waals surface area contributed by atoms with Crippen molar-refractivity contribution in [3.63, 3.8) is 0 Å². The first-order valence-electron chi connectivity index (χ1n) is 5.59. The number of aryl methyl sites for hydroxylation is 1. The van der Waals surface area contributed by atoms with Gasteiger partial charge in [-0.05, 0) is 19.1 Å². The van der Waals surface area contributed by atoms with Crippen molar-refractivity contribution in [2.24, 2.45) is 0 Å². The molecule has 0 saturated heterocycles. The topological polar surface area (TPSA) is 57.7 Å². The summed E-state index contributed by atoms with van der Waals surface area (Å²) in [6.45, 7) is 1.98. The monoisotopic (exact) mass is 259 g/mol. The Morgan fingerprint density at radius 2 is 2.06 bits per heavy atom. The number of fused-ring (bicyclic) bond motifs is 1. The molecule has 3 rings (SSSR count). The Hall–Kier alpha value is -1.95. The van der Waals surface area contributed by atoms with Crippen LogP contribution in [0.4, 0.5) is 5.82 Å². The number of nitrogens with one attached hydrogen (secondary N) is 1. The van der Waals surface area contributed by atoms with Crippen molar-refractivity contribution in [2.75, 3.05) is 19.0 Å². The average Bonchev–Trinajstić information content (AvgIpc) is 2.92. The maximum atomic E-state index is 4.54. The van der Waals surface area contributed by atoms with Crippen LogP contribution in [0.25, 0.3) is 21.9 Å². The molecule has 3 heterocycles. The minimum absolute atomic E-state index is 0.740. The molecule has 0 amide bonds. The number of hydrogen-bond acceptors (Lipinski definition) is 5. The molecular weight excluding hydrogens is 246 g/mol. The number of pyridine rings is 1. The predicted molar refractivity (Wildman–Crippen MR) is 74.1 cm³/mol. The molecule has 0 unspecified atom stereocenters. The number of imidazole rings is 1. The Morgan fingerprint density at radius 1 is 1.22 bits per heavy atom. The van der Waals surface area contributed by atoms with Gasteiger partial charge in [0.05, 0.1) is 21.6 Å². The zero-order valence-electron chi connectivity index (χ0n) is 10.4. The molecule has 0 spiro atoms. The summed E-state index contributed by atoms with van der Waals surface area (Å²) in [5.41, 5.74) is 4.51. The first-order chi connectivity index (χ1) is 8.65. The van der Waals surface area contributed by atoms with Crippen LogP contribution < -0.4 is 4.90 Å². The van der Waals surface area contributed by atoms with Crippen molar-refractivity contribution < 1.29 is 0 Å². The van der Waals surface area contributed by atoms with Gasteiger partial charge in [-0.3, -0.25) is 0 Å². The van der Waals surface area contributed by atoms with Gasteiger partial charge in [-0.1, -0.05) is 0 Å². The van der Waals surface area contributed by atoms with E-state index in [2.05, 4.69) is 19.9 Å². The number of H-pyrrole nitrogens is 1. The molecule has 3 aromatic rings. The highest BCUT2D eigenvalue weighted by Gasteiger charge is 2.11. The lowest BCUT2D eigenvalue weighted by atomic mass is 10.4. The molecule has 5 nitrogen and oxygen atoms in total. The Kier molecular flexibility index (Phi) is 2.52. The Morgan fingerprint density at radius 3 is 2.72 bits per heavy atom. The Balaban J connectivity index is 2.14. The van der Waals surface area contributed by atoms with Crippen LogP contribution in [0.2, 0.25) is 0 Å². The van der Waals surface area contributed by atoms with E-state index in [-0.39, 0.29) is 0 Å². The van der Waals surface area contributed by atoms with Crippen LogP contribution in [-0.4, -0.2) is 34.0 Å². The SMILES string of the molecule is Cc1ncsc1-c1nc2nc(N(C)C)ccc2[nH]1. The molecule has 0 aliphatic heterocycles. The summed E-state index contributed by atoms with van der Waals surface area (Å²) < 4.78 is 0. The second kappa shape index (κ2) is 4.06. The standard InChI is InChI=1S/C12H13N5S/c1-7-10(18-6-13-7)12-14-8-4-5-9(17(2)3)15-11(8)16-12/h4-6H,1-3H3,(H,14,15,16). The van der Waals surface area contributed by atoms with E-state index in [9.17, 15) is 0 Å². The van der Waals surface area contributed by atoms with Crippen LogP contribution in [0, 0.1) is 6.92 Å². The van der Waals surface area contributed by atoms with Crippen molar-refractivity contribution in [1.29, 1.82) is 0 Å². The fourth-order valence-electron chi connectivity index (χ4n) is 1.77. The predicted octanol–water partition coefficient (Wildman–Crippen LogP) is 2.46. The van der Waals surface area contributed by atoms with Crippen LogP contribution >= 0.6 is 11.3 Å². The van der Waals surface area contributed by atoms with Gasteiger partial charge in [-0.2, -0.15) is 0 Å². The van der Waals surface area contributed by atoms with Gasteiger partial charge in [-0.25, -0.2) is 15.0 Å². The minimum Gasteiger partial charge on any atom is -0.363 e. The number of thiazole rings is 1. The number of aromatic amines is 1. The van der Waals surface area contributed by atoms with E-state index in [0.29, 0.717) is 0 Å². The maximum absolute atomic E-state index is 4.54. The number of nitrogens with zero attached hydrogens (tertiary/aromatic N) is 4. The summed E-state index contributed by atoms with van der Waals surface area (Å²) in [6, 6.07) is 3.98. The van der Waals surface area contributed by atoms with Crippen LogP contribution in [0.15, 0.2) is 17.6 Å². The quantitative estimate of drug-likeness (QED) is 0.768. The number of rotatable bonds is 2. The lowest BCUT2D eigenvalue weighted by Gasteiger charge is -2.09. The molecule has 92 valence electrons. The molecule has 0 bridgehead atoms. The second-order valence-electron chi connectivity index (χ2n) is 4.29. The van der Waals surface area contributed by atoms with E-state index in [1.165, 1.54) is 0 Å². The summed E-state index contributed by atoms with van der Waals surface area (Å²) in [6.07, 6.45) is 0. The van der Waals surface area contributed by atoms with E-state index in [4.69, 9.17) is 0 Å². The highest BCUT2D eigenvalue weighted by atomic mass is 32.1. The van der Waals surface area contributed by atoms with Gasteiger partial charge < -0.3 is 9.88 Å². The molecule has 3 aromatic heterocycles. The molecule has 0 aliphatic carbocycles. The lowest BCUT2D eigenvalue weighted by Crippen LogP contribution is -2.10. The zero-order valence-corrected chi connectivity index (χ0v) is 11.2. The molecule has 0 aromatic carbocycles. The molecule has 18 heavy (non-hydrogen) atoms. The fourth-order valence-corrected chi connectivity index (χ4v) is 2.52. The molecule has 0 saturated carbocycles. The first kappa shape index (κ1) is 11.2. The van der Waals surface area contributed by atoms with E-state index in [1.807, 2.05) is 43.6 Å². The van der Waals surface area contributed by atoms with Gasteiger partial charge in [0, 0.05) is 14.1 Å². The normalized spacial score (nSPS) is 11.1. The van der Waals surface area contributed by atoms with Gasteiger partial charge in [0.15, 0.2) is 11.5 Å². The maximum Gasteiger partial charge on any atom is 0.180 e. The summed E-state index contributed by atoms with van der Waals surface area (Å²) in [7, 11) is 3.93. The number of aromatic nitrogens is 4. The van der Waals surface area contributed by atoms with Gasteiger partial charge in [0.1, 0.15) is 5.82 Å². The molecule has 1 N–H and O–H groups in total. The van der Waals surface area contributed by atoms with Crippen LogP contribution in [0.3, 0.4) is 0 Å². The van der Waals surface area contributed by atoms with Gasteiger partial charge in [0.2, 0.25) is 0 Å². The van der Waals surface area contributed by atoms with Crippen LogP contribution in [-0.2, 0) is 0 Å². The van der Waals surface area contributed by atoms with Crippen LogP contribution in [0.1, 0.15) is 5.69 Å². The largest absolute Gasteiger partial charge is 0.363 e. The molecule has 6 heteroatoms. The van der Waals surface area contributed by atoms with Crippen molar-refractivity contribution in [1.82, 2.24) is 19.9 Å². The molecular formula is C12H13N5S. The molecule has 0 fully saturated rings. The first-order valence-corrected chi connectivity index (χ1v) is 6.47. The summed E-state index contributed by atoms with van der Waals surface area (Å²) in [4.78, 5) is 19.6. The number of anilines is 1. The third kappa shape index (κ3) is 1.74. The van der Waals surface area contributed by atoms with Crippen molar-refractivity contribution >= 4 is 28.3 Å². The Bertz CT molecular complexity index is 697. The summed E-state index contributed by atoms with van der Waals surface area (Å²) in [5, 5.41) is 0. The van der Waals surface area contributed by atoms with Crippen LogP contribution in [0.5, 0.6) is 0 Å². The Labute approximate surface area is 109 Å². The second-order valence-corrected chi connectivity index (χ2v) is 5.14. The van der Waals surface area contributed by atoms with Crippen molar-refractivity contribution in [2.45, 2.75) is 6.92 Å². The third-order valence-electron chi connectivity index (χ3n) is 2.75. The van der Waals surface area contributed by atoms with E-state index < -0.39 is 0 Å². The summed E-state index contributed by atoms with van der Waals surface area (Å²) >= 11 is 1.59. The molecule has 0 radical (unpaired) electrons. The fraction of sp³-hybridized carbons (Fsp3) is 0.250. The van der Waals surface area contributed by atoms with Gasteiger partial charge in [0.25, 0.3) is 0 Å². The molecule has 0 atom stereocenters. The van der Waals surface area contributed by atoms with Crippen molar-refractivity contribution in [3.05, 3.63) is 23.3 Å². The minimum atomic E-state index is 0.740. The molecule has 0 aliphatic rings. The lowest BCUT2D eigenvalue weighted by molar-refractivity contribution is 1.08. The third-order valence-corrected chi connectivity index (χ3v) is 3.69. The zero-order chi connectivity index (χ0) is 12.7. The highest BCUT2D eigenvalue weighted by molar-refractivity contribution is 7.13. The highest BCUT2D eigenvalue weighted by Crippen LogP contribution is 2.26. The van der Waals surface area contributed by atoms with E-state index in [1.54, 1.807) is 11.3 Å².